The van der Waals surface area contributed by atoms with Crippen molar-refractivity contribution >= 4 is 40.2 Å². The zero-order chi connectivity index (χ0) is 20.9. The highest BCUT2D eigenvalue weighted by atomic mass is 16.2. The summed E-state index contributed by atoms with van der Waals surface area (Å²) in [6, 6.07) is 17.2. The number of hydrogen-bond acceptors (Lipinski definition) is 3. The van der Waals surface area contributed by atoms with E-state index in [-0.39, 0.29) is 17.7 Å². The first-order valence-corrected chi connectivity index (χ1v) is 9.99. The molecule has 1 aliphatic rings. The van der Waals surface area contributed by atoms with Crippen LogP contribution in [0.4, 0.5) is 11.4 Å². The van der Waals surface area contributed by atoms with Crippen molar-refractivity contribution in [3.63, 3.8) is 0 Å². The van der Waals surface area contributed by atoms with Crippen LogP contribution in [0.25, 0.3) is 17.0 Å². The predicted molar refractivity (Wildman–Crippen MR) is 118 cm³/mol. The van der Waals surface area contributed by atoms with Gasteiger partial charge in [0.1, 0.15) is 0 Å². The lowest BCUT2D eigenvalue weighted by Crippen LogP contribution is -2.13. The summed E-state index contributed by atoms with van der Waals surface area (Å²) in [7, 11) is 0. The molecule has 1 aromatic heterocycles. The number of aryl methyl sites for hydroxylation is 1. The minimum atomic E-state index is -0.237. The molecule has 0 aliphatic heterocycles. The standard InChI is InChI=1S/C24H22N4O2/c25-14-3-15-28-16-18(21-4-1-2-5-22(21)28)8-13-23(29)26-19-9-11-20(12-10-19)27-24(30)17-6-7-17/h1-2,4-5,8-13,16-17H,3,6-7,15H2,(H,26,29)(H,27,30)/b13-8+. The summed E-state index contributed by atoms with van der Waals surface area (Å²) in [5.74, 6) is -0.0253. The SMILES string of the molecule is N#CCCn1cc(/C=C/C(=O)Nc2ccc(NC(=O)C3CC3)cc2)c2ccccc21. The fourth-order valence-corrected chi connectivity index (χ4v) is 3.34. The zero-order valence-electron chi connectivity index (χ0n) is 16.5. The Morgan fingerprint density at radius 2 is 1.77 bits per heavy atom. The number of rotatable bonds is 7. The molecule has 6 heteroatoms. The Morgan fingerprint density at radius 3 is 2.47 bits per heavy atom. The van der Waals surface area contributed by atoms with Gasteiger partial charge >= 0.3 is 0 Å². The molecule has 6 nitrogen and oxygen atoms in total. The predicted octanol–water partition coefficient (Wildman–Crippen LogP) is 4.56. The maximum Gasteiger partial charge on any atom is 0.248 e. The molecule has 3 aromatic rings. The molecule has 1 aliphatic carbocycles. The molecule has 2 amide bonds. The van der Waals surface area contributed by atoms with E-state index in [1.165, 1.54) is 6.08 Å². The van der Waals surface area contributed by atoms with E-state index in [9.17, 15) is 9.59 Å². The smallest absolute Gasteiger partial charge is 0.248 e. The fraction of sp³-hybridized carbons (Fsp3) is 0.208. The molecular weight excluding hydrogens is 376 g/mol. The normalized spacial score (nSPS) is 13.3. The van der Waals surface area contributed by atoms with Gasteiger partial charge in [-0.25, -0.2) is 0 Å². The van der Waals surface area contributed by atoms with E-state index in [2.05, 4.69) is 16.7 Å². The van der Waals surface area contributed by atoms with Gasteiger partial charge in [0.05, 0.1) is 12.5 Å². The lowest BCUT2D eigenvalue weighted by atomic mass is 10.1. The first kappa shape index (κ1) is 19.5. The maximum absolute atomic E-state index is 12.3. The monoisotopic (exact) mass is 398 g/mol. The fourth-order valence-electron chi connectivity index (χ4n) is 3.34. The van der Waals surface area contributed by atoms with Crippen LogP contribution < -0.4 is 10.6 Å². The number of hydrogen-bond donors (Lipinski definition) is 2. The second-order valence-corrected chi connectivity index (χ2v) is 7.37. The van der Waals surface area contributed by atoms with E-state index in [1.54, 1.807) is 30.3 Å². The molecule has 0 spiro atoms. The van der Waals surface area contributed by atoms with Gasteiger partial charge in [-0.15, -0.1) is 0 Å². The Balaban J connectivity index is 1.41. The number of carbonyl (C=O) groups is 2. The number of fused-ring (bicyclic) bond motifs is 1. The van der Waals surface area contributed by atoms with Gasteiger partial charge in [-0.1, -0.05) is 18.2 Å². The largest absolute Gasteiger partial charge is 0.346 e. The Bertz CT molecular complexity index is 1150. The summed E-state index contributed by atoms with van der Waals surface area (Å²) in [5, 5.41) is 15.6. The van der Waals surface area contributed by atoms with Crippen molar-refractivity contribution in [2.45, 2.75) is 25.8 Å². The minimum Gasteiger partial charge on any atom is -0.346 e. The average Bonchev–Trinajstić information content (AvgIpc) is 3.55. The van der Waals surface area contributed by atoms with Crippen LogP contribution in [0.3, 0.4) is 0 Å². The summed E-state index contributed by atoms with van der Waals surface area (Å²) in [5.41, 5.74) is 3.35. The summed E-state index contributed by atoms with van der Waals surface area (Å²) in [4.78, 5) is 24.1. The third-order valence-corrected chi connectivity index (χ3v) is 5.07. The molecule has 1 heterocycles. The molecule has 0 unspecified atom stereocenters. The zero-order valence-corrected chi connectivity index (χ0v) is 16.5. The molecule has 150 valence electrons. The summed E-state index contributed by atoms with van der Waals surface area (Å²) in [6.07, 6.45) is 7.60. The van der Waals surface area contributed by atoms with Gasteiger partial charge in [0.2, 0.25) is 11.8 Å². The molecule has 0 radical (unpaired) electrons. The lowest BCUT2D eigenvalue weighted by molar-refractivity contribution is -0.117. The Hall–Kier alpha value is -3.85. The van der Waals surface area contributed by atoms with E-state index < -0.39 is 0 Å². The van der Waals surface area contributed by atoms with Crippen LogP contribution in [0.15, 0.2) is 60.8 Å². The first-order chi connectivity index (χ1) is 14.6. The number of aromatic nitrogens is 1. The number of para-hydroxylation sites is 1. The second-order valence-electron chi connectivity index (χ2n) is 7.37. The van der Waals surface area contributed by atoms with Crippen molar-refractivity contribution in [3.8, 4) is 6.07 Å². The van der Waals surface area contributed by atoms with Gasteiger partial charge in [-0.3, -0.25) is 9.59 Å². The number of anilines is 2. The van der Waals surface area contributed by atoms with E-state index in [4.69, 9.17) is 5.26 Å². The van der Waals surface area contributed by atoms with Gasteiger partial charge in [0.25, 0.3) is 0 Å². The first-order valence-electron chi connectivity index (χ1n) is 9.99. The summed E-state index contributed by atoms with van der Waals surface area (Å²) >= 11 is 0. The van der Waals surface area contributed by atoms with Crippen molar-refractivity contribution in [2.24, 2.45) is 5.92 Å². The van der Waals surface area contributed by atoms with Crippen molar-refractivity contribution in [1.29, 1.82) is 5.26 Å². The molecule has 0 saturated heterocycles. The highest BCUT2D eigenvalue weighted by molar-refractivity contribution is 6.03. The molecule has 2 aromatic carbocycles. The Kier molecular flexibility index (Phi) is 5.62. The van der Waals surface area contributed by atoms with Gasteiger partial charge < -0.3 is 15.2 Å². The summed E-state index contributed by atoms with van der Waals surface area (Å²) < 4.78 is 2.03. The molecule has 1 fully saturated rings. The molecule has 0 bridgehead atoms. The molecule has 2 N–H and O–H groups in total. The van der Waals surface area contributed by atoms with Crippen molar-refractivity contribution in [2.75, 3.05) is 10.6 Å². The number of amides is 2. The average molecular weight is 398 g/mol. The van der Waals surface area contributed by atoms with Crippen molar-refractivity contribution in [1.82, 2.24) is 4.57 Å². The molecule has 30 heavy (non-hydrogen) atoms. The van der Waals surface area contributed by atoms with Crippen LogP contribution in [-0.2, 0) is 16.1 Å². The van der Waals surface area contributed by atoms with Gasteiger partial charge in [0.15, 0.2) is 0 Å². The third-order valence-electron chi connectivity index (χ3n) is 5.07. The quantitative estimate of drug-likeness (QED) is 0.572. The van der Waals surface area contributed by atoms with Gasteiger partial charge in [0, 0.05) is 52.6 Å². The highest BCUT2D eigenvalue weighted by Gasteiger charge is 2.29. The molecule has 0 atom stereocenters. The van der Waals surface area contributed by atoms with E-state index >= 15 is 0 Å². The highest BCUT2D eigenvalue weighted by Crippen LogP contribution is 2.30. The van der Waals surface area contributed by atoms with E-state index in [0.717, 1.165) is 35.0 Å². The van der Waals surface area contributed by atoms with Crippen LogP contribution in [0.5, 0.6) is 0 Å². The van der Waals surface area contributed by atoms with Gasteiger partial charge in [-0.05, 0) is 49.2 Å². The van der Waals surface area contributed by atoms with E-state index in [1.807, 2.05) is 35.0 Å². The second kappa shape index (κ2) is 8.66. The van der Waals surface area contributed by atoms with Crippen LogP contribution in [0, 0.1) is 17.2 Å². The van der Waals surface area contributed by atoms with Crippen LogP contribution in [0.1, 0.15) is 24.8 Å². The molecular formula is C24H22N4O2. The maximum atomic E-state index is 12.3. The Morgan fingerprint density at radius 1 is 1.07 bits per heavy atom. The van der Waals surface area contributed by atoms with Crippen LogP contribution >= 0.6 is 0 Å². The lowest BCUT2D eigenvalue weighted by Gasteiger charge is -2.06. The number of nitriles is 1. The van der Waals surface area contributed by atoms with Crippen molar-refractivity contribution < 1.29 is 9.59 Å². The topological polar surface area (TPSA) is 86.9 Å². The van der Waals surface area contributed by atoms with Gasteiger partial charge in [-0.2, -0.15) is 5.26 Å². The minimum absolute atomic E-state index is 0.0589. The Labute approximate surface area is 174 Å². The molecule has 4 rings (SSSR count). The number of nitrogens with zero attached hydrogens (tertiary/aromatic N) is 2. The third kappa shape index (κ3) is 4.58. The van der Waals surface area contributed by atoms with Crippen molar-refractivity contribution in [3.05, 3.63) is 66.4 Å². The molecule has 1 saturated carbocycles. The number of carbonyl (C=O) groups excluding carboxylic acids is 2. The van der Waals surface area contributed by atoms with Crippen LogP contribution in [0.2, 0.25) is 0 Å². The van der Waals surface area contributed by atoms with Crippen LogP contribution in [-0.4, -0.2) is 16.4 Å². The summed E-state index contributed by atoms with van der Waals surface area (Å²) in [6.45, 7) is 0.612. The number of nitrogens with one attached hydrogen (secondary N) is 2. The van der Waals surface area contributed by atoms with E-state index in [0.29, 0.717) is 18.7 Å². The number of benzene rings is 2.